The number of nitro groups is 1. The average molecular weight is 447 g/mol. The number of benzene rings is 2. The first kappa shape index (κ1) is 23.5. The summed E-state index contributed by atoms with van der Waals surface area (Å²) in [5.41, 5.74) is 1.01. The van der Waals surface area contributed by atoms with E-state index in [0.29, 0.717) is 16.9 Å². The van der Waals surface area contributed by atoms with Gasteiger partial charge < -0.3 is 34.3 Å². The van der Waals surface area contributed by atoms with Gasteiger partial charge >= 0.3 is 0 Å². The van der Waals surface area contributed by atoms with Crippen LogP contribution >= 0.6 is 0 Å². The van der Waals surface area contributed by atoms with Gasteiger partial charge in [-0.1, -0.05) is 24.3 Å². The van der Waals surface area contributed by atoms with Gasteiger partial charge in [-0.3, -0.25) is 10.1 Å². The van der Waals surface area contributed by atoms with Gasteiger partial charge in [0.05, 0.1) is 38.0 Å². The topological polar surface area (TPSA) is 141 Å². The third-order valence-corrected chi connectivity index (χ3v) is 4.99. The molecule has 1 fully saturated rings. The Morgan fingerprint density at radius 2 is 1.97 bits per heavy atom. The van der Waals surface area contributed by atoms with Crippen molar-refractivity contribution in [1.29, 1.82) is 0 Å². The molecule has 3 N–H and O–H groups in total. The molecule has 172 valence electrons. The highest BCUT2D eigenvalue weighted by Gasteiger charge is 2.38. The first-order valence-electron chi connectivity index (χ1n) is 9.84. The molecule has 1 aliphatic rings. The van der Waals surface area contributed by atoms with E-state index < -0.39 is 29.5 Å². The van der Waals surface area contributed by atoms with Crippen molar-refractivity contribution in [2.45, 2.75) is 31.0 Å². The molecule has 1 heterocycles. The van der Waals surface area contributed by atoms with Crippen molar-refractivity contribution in [3.63, 3.8) is 0 Å². The van der Waals surface area contributed by atoms with E-state index in [4.69, 9.17) is 18.9 Å². The van der Waals surface area contributed by atoms with Crippen LogP contribution in [0.4, 0.5) is 5.69 Å². The number of nitrogens with zero attached hydrogens (tertiary/aromatic N) is 1. The second-order valence-corrected chi connectivity index (χ2v) is 7.15. The molecular weight excluding hydrogens is 422 g/mol. The van der Waals surface area contributed by atoms with Gasteiger partial charge in [0.25, 0.3) is 5.69 Å². The molecule has 0 aromatic heterocycles. The molecular formula is C22H25NO9. The fraction of sp³-hybridized carbons (Fsp3) is 0.364. The first-order chi connectivity index (χ1) is 15.4. The quantitative estimate of drug-likeness (QED) is 0.315. The molecule has 4 atom stereocenters. The highest BCUT2D eigenvalue weighted by molar-refractivity contribution is 5.76. The molecule has 0 saturated carbocycles. The second-order valence-electron chi connectivity index (χ2n) is 7.15. The largest absolute Gasteiger partial charge is 0.497 e. The predicted molar refractivity (Wildman–Crippen MR) is 115 cm³/mol. The van der Waals surface area contributed by atoms with Gasteiger partial charge in [-0.15, -0.1) is 0 Å². The van der Waals surface area contributed by atoms with Crippen molar-refractivity contribution < 1.29 is 39.2 Å². The van der Waals surface area contributed by atoms with Gasteiger partial charge in [0.1, 0.15) is 11.9 Å². The number of methoxy groups -OCH3 is 2. The summed E-state index contributed by atoms with van der Waals surface area (Å²) in [5, 5.41) is 40.8. The maximum Gasteiger partial charge on any atom is 0.270 e. The lowest BCUT2D eigenvalue weighted by atomic mass is 10.0. The lowest BCUT2D eigenvalue weighted by Gasteiger charge is -2.36. The number of hydrogen-bond donors (Lipinski definition) is 3. The third-order valence-electron chi connectivity index (χ3n) is 4.99. The molecule has 0 radical (unpaired) electrons. The van der Waals surface area contributed by atoms with E-state index in [9.17, 15) is 25.4 Å². The van der Waals surface area contributed by atoms with E-state index in [1.807, 2.05) is 0 Å². The standard InChI is InChI=1S/C22H25NO9/c1-29-16-9-14(7-6-13-4-3-5-15(8-13)23(27)28)21(19(11-16)30-2)32-22-20(26)18(25)10-17(12-24)31-22/h3-9,11,17-18,20,22,24-26H,10,12H2,1-2H3/b7-6+/t17-,18-,20+,22-/m0/s1. The molecule has 2 aromatic rings. The Bertz CT molecular complexity index is 978. The Balaban J connectivity index is 1.98. The number of aliphatic hydroxyl groups is 3. The Kier molecular flexibility index (Phi) is 7.65. The number of non-ortho nitro benzene ring substituents is 1. The van der Waals surface area contributed by atoms with E-state index in [1.165, 1.54) is 26.4 Å². The molecule has 2 aromatic carbocycles. The Hall–Kier alpha value is -3.18. The maximum atomic E-state index is 11.0. The smallest absolute Gasteiger partial charge is 0.270 e. The molecule has 10 heteroatoms. The minimum Gasteiger partial charge on any atom is -0.497 e. The fourth-order valence-corrected chi connectivity index (χ4v) is 3.29. The lowest BCUT2D eigenvalue weighted by molar-refractivity contribution is -0.384. The van der Waals surface area contributed by atoms with Crippen molar-refractivity contribution in [2.75, 3.05) is 20.8 Å². The van der Waals surface area contributed by atoms with E-state index in [0.717, 1.165) is 0 Å². The van der Waals surface area contributed by atoms with Crippen LogP contribution in [0.25, 0.3) is 12.2 Å². The molecule has 3 rings (SSSR count). The van der Waals surface area contributed by atoms with Crippen LogP contribution in [0.5, 0.6) is 17.2 Å². The fourth-order valence-electron chi connectivity index (χ4n) is 3.29. The number of hydrogen-bond acceptors (Lipinski definition) is 9. The molecule has 32 heavy (non-hydrogen) atoms. The van der Waals surface area contributed by atoms with Crippen LogP contribution in [0.3, 0.4) is 0 Å². The number of ether oxygens (including phenoxy) is 4. The van der Waals surface area contributed by atoms with E-state index in [-0.39, 0.29) is 30.2 Å². The summed E-state index contributed by atoms with van der Waals surface area (Å²) in [6.07, 6.45) is -1.09. The molecule has 1 saturated heterocycles. The zero-order valence-electron chi connectivity index (χ0n) is 17.6. The summed E-state index contributed by atoms with van der Waals surface area (Å²) in [7, 11) is 2.92. The monoisotopic (exact) mass is 447 g/mol. The van der Waals surface area contributed by atoms with Gasteiger partial charge in [0, 0.05) is 30.2 Å². The molecule has 10 nitrogen and oxygen atoms in total. The molecule has 0 bridgehead atoms. The summed E-state index contributed by atoms with van der Waals surface area (Å²) in [6.45, 7) is -0.344. The average Bonchev–Trinajstić information content (AvgIpc) is 2.80. The summed E-state index contributed by atoms with van der Waals surface area (Å²) in [6, 6.07) is 9.33. The van der Waals surface area contributed by atoms with Crippen molar-refractivity contribution >= 4 is 17.8 Å². The van der Waals surface area contributed by atoms with Crippen molar-refractivity contribution in [3.8, 4) is 17.2 Å². The Morgan fingerprint density at radius 1 is 1.19 bits per heavy atom. The Labute approximate surface area is 184 Å². The van der Waals surface area contributed by atoms with Crippen LogP contribution in [0.2, 0.25) is 0 Å². The molecule has 1 aliphatic heterocycles. The van der Waals surface area contributed by atoms with Crippen LogP contribution in [0.1, 0.15) is 17.5 Å². The number of rotatable bonds is 8. The number of nitro benzene ring substituents is 1. The summed E-state index contributed by atoms with van der Waals surface area (Å²) >= 11 is 0. The van der Waals surface area contributed by atoms with E-state index in [1.54, 1.807) is 36.4 Å². The maximum absolute atomic E-state index is 11.0. The minimum absolute atomic E-state index is 0.0467. The lowest BCUT2D eigenvalue weighted by Crippen LogP contribution is -2.51. The van der Waals surface area contributed by atoms with Crippen molar-refractivity contribution in [1.82, 2.24) is 0 Å². The van der Waals surface area contributed by atoms with Crippen LogP contribution in [0.15, 0.2) is 36.4 Å². The van der Waals surface area contributed by atoms with Crippen LogP contribution in [-0.4, -0.2) is 65.7 Å². The van der Waals surface area contributed by atoms with E-state index in [2.05, 4.69) is 0 Å². The summed E-state index contributed by atoms with van der Waals surface area (Å²) in [4.78, 5) is 10.6. The second kappa shape index (κ2) is 10.4. The SMILES string of the molecule is COc1cc(/C=C/c2cccc([N+](=O)[O-])c2)c(O[C@@H]2O[C@H](CO)C[C@H](O)[C@H]2O)c(OC)c1. The van der Waals surface area contributed by atoms with Gasteiger partial charge in [-0.05, 0) is 11.6 Å². The molecule has 0 amide bonds. The number of aliphatic hydroxyl groups excluding tert-OH is 3. The highest BCUT2D eigenvalue weighted by Crippen LogP contribution is 2.39. The van der Waals surface area contributed by atoms with Gasteiger partial charge in [0.15, 0.2) is 11.5 Å². The molecule has 0 aliphatic carbocycles. The zero-order chi connectivity index (χ0) is 23.3. The summed E-state index contributed by atoms with van der Waals surface area (Å²) < 4.78 is 22.2. The van der Waals surface area contributed by atoms with Crippen molar-refractivity contribution in [2.24, 2.45) is 0 Å². The molecule has 0 spiro atoms. The van der Waals surface area contributed by atoms with Crippen LogP contribution < -0.4 is 14.2 Å². The third kappa shape index (κ3) is 5.35. The summed E-state index contributed by atoms with van der Waals surface area (Å²) in [5.74, 6) is 0.940. The zero-order valence-corrected chi connectivity index (χ0v) is 17.6. The predicted octanol–water partition coefficient (Wildman–Crippen LogP) is 1.99. The van der Waals surface area contributed by atoms with Crippen LogP contribution in [0, 0.1) is 10.1 Å². The van der Waals surface area contributed by atoms with Gasteiger partial charge in [-0.25, -0.2) is 0 Å². The highest BCUT2D eigenvalue weighted by atomic mass is 16.7. The first-order valence-corrected chi connectivity index (χ1v) is 9.84. The normalized spacial score (nSPS) is 23.2. The Morgan fingerprint density at radius 3 is 2.62 bits per heavy atom. The van der Waals surface area contributed by atoms with Crippen LogP contribution in [-0.2, 0) is 4.74 Å². The van der Waals surface area contributed by atoms with Gasteiger partial charge in [0.2, 0.25) is 6.29 Å². The van der Waals surface area contributed by atoms with E-state index >= 15 is 0 Å². The minimum atomic E-state index is -1.35. The van der Waals surface area contributed by atoms with Crippen molar-refractivity contribution in [3.05, 3.63) is 57.6 Å². The van der Waals surface area contributed by atoms with Gasteiger partial charge in [-0.2, -0.15) is 0 Å². The molecule has 0 unspecified atom stereocenters.